The van der Waals surface area contributed by atoms with Crippen LogP contribution >= 0.6 is 0 Å². The van der Waals surface area contributed by atoms with Gasteiger partial charge in [0.05, 0.1) is 0 Å². The average molecular weight is 502 g/mol. The molecule has 1 fully saturated rings. The molecule has 5 aromatic carbocycles. The van der Waals surface area contributed by atoms with Gasteiger partial charge in [-0.2, -0.15) is 0 Å². The molecule has 0 bridgehead atoms. The second-order valence-electron chi connectivity index (χ2n) is 11.2. The van der Waals surface area contributed by atoms with E-state index >= 15 is 0 Å². The van der Waals surface area contributed by atoms with E-state index in [4.69, 9.17) is 0 Å². The van der Waals surface area contributed by atoms with Gasteiger partial charge >= 0.3 is 0 Å². The molecule has 3 heteroatoms. The van der Waals surface area contributed by atoms with Crippen molar-refractivity contribution in [3.63, 3.8) is 0 Å². The molecule has 39 heavy (non-hydrogen) atoms. The molecule has 0 aromatic heterocycles. The van der Waals surface area contributed by atoms with E-state index in [1.165, 1.54) is 88.2 Å². The Kier molecular flexibility index (Phi) is 5.36. The first-order valence-electron chi connectivity index (χ1n) is 14.4. The molecule has 0 amide bonds. The van der Waals surface area contributed by atoms with Gasteiger partial charge in [0.15, 0.2) is 0 Å². The van der Waals surface area contributed by atoms with Gasteiger partial charge in [-0.3, -0.25) is 0 Å². The fourth-order valence-electron chi connectivity index (χ4n) is 7.30. The van der Waals surface area contributed by atoms with Crippen molar-refractivity contribution in [2.45, 2.75) is 38.0 Å². The number of para-hydroxylation sites is 3. The molecule has 2 heterocycles. The number of rotatable bonds is 3. The van der Waals surface area contributed by atoms with E-state index < -0.39 is 0 Å². The molecule has 0 unspecified atom stereocenters. The third-order valence-corrected chi connectivity index (χ3v) is 9.03. The van der Waals surface area contributed by atoms with Crippen molar-refractivity contribution in [1.29, 1.82) is 0 Å². The lowest BCUT2D eigenvalue weighted by Crippen LogP contribution is -2.61. The fraction of sp³-hybridized carbons (Fsp3) is 0.167. The minimum Gasteiger partial charge on any atom is -0.311 e. The maximum atomic E-state index is 2.53. The van der Waals surface area contributed by atoms with E-state index in [1.54, 1.807) is 0 Å². The van der Waals surface area contributed by atoms with Crippen LogP contribution in [0.15, 0.2) is 121 Å². The van der Waals surface area contributed by atoms with Crippen LogP contribution in [0, 0.1) is 0 Å². The zero-order valence-electron chi connectivity index (χ0n) is 22.1. The van der Waals surface area contributed by atoms with E-state index in [0.29, 0.717) is 5.92 Å². The van der Waals surface area contributed by atoms with Crippen LogP contribution in [-0.4, -0.2) is 6.71 Å². The fourth-order valence-corrected chi connectivity index (χ4v) is 7.30. The van der Waals surface area contributed by atoms with Gasteiger partial charge in [-0.1, -0.05) is 92.1 Å². The minimum absolute atomic E-state index is 0.197. The summed E-state index contributed by atoms with van der Waals surface area (Å²) in [5, 5.41) is 0. The predicted molar refractivity (Wildman–Crippen MR) is 166 cm³/mol. The summed E-state index contributed by atoms with van der Waals surface area (Å²) in [6, 6.07) is 45.1. The Morgan fingerprint density at radius 1 is 0.487 bits per heavy atom. The minimum atomic E-state index is 0.197. The number of anilines is 6. The Bertz CT molecular complexity index is 1660. The topological polar surface area (TPSA) is 6.48 Å². The van der Waals surface area contributed by atoms with Gasteiger partial charge in [-0.15, -0.1) is 0 Å². The molecular formula is C36H31BN2. The summed E-state index contributed by atoms with van der Waals surface area (Å²) in [5.74, 6) is 0.668. The summed E-state index contributed by atoms with van der Waals surface area (Å²) < 4.78 is 0. The van der Waals surface area contributed by atoms with Crippen LogP contribution in [-0.2, 0) is 0 Å². The Balaban J connectivity index is 1.41. The standard InChI is InChI=1S/C36H31BN2/c1-4-13-26(14-5-1)27-23-24-31-35(25-27)39(29-17-8-3-9-18-29)34-22-12-21-33-36(34)37(31)30-19-10-11-20-32(30)38(33)28-15-6-2-7-16-28/h2-3,6-12,15-26H,1,4-5,13-14H2. The highest BCUT2D eigenvalue weighted by Crippen LogP contribution is 2.44. The normalized spacial score (nSPS) is 15.9. The van der Waals surface area contributed by atoms with Crippen molar-refractivity contribution in [3.05, 3.63) is 127 Å². The maximum absolute atomic E-state index is 2.53. The zero-order valence-corrected chi connectivity index (χ0v) is 22.1. The largest absolute Gasteiger partial charge is 0.311 e. The van der Waals surface area contributed by atoms with Crippen LogP contribution in [0.2, 0.25) is 0 Å². The number of nitrogens with zero attached hydrogens (tertiary/aromatic N) is 2. The molecule has 188 valence electrons. The summed E-state index contributed by atoms with van der Waals surface area (Å²) >= 11 is 0. The van der Waals surface area contributed by atoms with Crippen molar-refractivity contribution in [2.24, 2.45) is 0 Å². The first kappa shape index (κ1) is 22.7. The molecule has 1 saturated carbocycles. The third kappa shape index (κ3) is 3.56. The van der Waals surface area contributed by atoms with Gasteiger partial charge in [0.1, 0.15) is 0 Å². The average Bonchev–Trinajstić information content (AvgIpc) is 3.02. The van der Waals surface area contributed by atoms with Gasteiger partial charge in [-0.25, -0.2) is 0 Å². The summed E-state index contributed by atoms with van der Waals surface area (Å²) in [6.45, 7) is 0.197. The third-order valence-electron chi connectivity index (χ3n) is 9.03. The van der Waals surface area contributed by atoms with Crippen LogP contribution in [0.3, 0.4) is 0 Å². The molecule has 2 aliphatic heterocycles. The molecule has 8 rings (SSSR count). The zero-order chi connectivity index (χ0) is 25.8. The van der Waals surface area contributed by atoms with E-state index in [-0.39, 0.29) is 6.71 Å². The predicted octanol–water partition coefficient (Wildman–Crippen LogP) is 7.82. The van der Waals surface area contributed by atoms with Gasteiger partial charge in [0.2, 0.25) is 0 Å². The number of fused-ring (bicyclic) bond motifs is 4. The molecule has 0 atom stereocenters. The highest BCUT2D eigenvalue weighted by atomic mass is 15.2. The quantitative estimate of drug-likeness (QED) is 0.227. The highest BCUT2D eigenvalue weighted by molar-refractivity contribution is 7.00. The van der Waals surface area contributed by atoms with E-state index in [0.717, 1.165) is 0 Å². The molecule has 2 nitrogen and oxygen atoms in total. The van der Waals surface area contributed by atoms with Crippen LogP contribution in [0.1, 0.15) is 43.6 Å². The Hall–Kier alpha value is -4.24. The Labute approximate surface area is 231 Å². The van der Waals surface area contributed by atoms with Crippen molar-refractivity contribution in [2.75, 3.05) is 9.80 Å². The molecule has 5 aromatic rings. The van der Waals surface area contributed by atoms with E-state index in [9.17, 15) is 0 Å². The Morgan fingerprint density at radius 3 is 1.74 bits per heavy atom. The van der Waals surface area contributed by atoms with Crippen LogP contribution in [0.25, 0.3) is 0 Å². The molecule has 0 N–H and O–H groups in total. The summed E-state index contributed by atoms with van der Waals surface area (Å²) in [7, 11) is 0. The van der Waals surface area contributed by atoms with Gasteiger partial charge in [0, 0.05) is 34.1 Å². The summed E-state index contributed by atoms with van der Waals surface area (Å²) in [5.41, 5.74) is 13.2. The summed E-state index contributed by atoms with van der Waals surface area (Å²) in [4.78, 5) is 4.98. The molecule has 0 saturated heterocycles. The first-order chi connectivity index (χ1) is 19.4. The first-order valence-corrected chi connectivity index (χ1v) is 14.4. The number of benzene rings is 5. The molecule has 0 spiro atoms. The van der Waals surface area contributed by atoms with Crippen molar-refractivity contribution < 1.29 is 0 Å². The van der Waals surface area contributed by atoms with Crippen molar-refractivity contribution in [3.8, 4) is 0 Å². The highest BCUT2D eigenvalue weighted by Gasteiger charge is 2.43. The van der Waals surface area contributed by atoms with Gasteiger partial charge in [-0.05, 0) is 89.2 Å². The van der Waals surface area contributed by atoms with Crippen LogP contribution in [0.5, 0.6) is 0 Å². The van der Waals surface area contributed by atoms with Gasteiger partial charge < -0.3 is 9.80 Å². The second-order valence-corrected chi connectivity index (χ2v) is 11.2. The number of hydrogen-bond donors (Lipinski definition) is 0. The van der Waals surface area contributed by atoms with E-state index in [2.05, 4.69) is 131 Å². The smallest absolute Gasteiger partial charge is 0.252 e. The summed E-state index contributed by atoms with van der Waals surface area (Å²) in [6.07, 6.45) is 6.69. The van der Waals surface area contributed by atoms with Crippen LogP contribution in [0.4, 0.5) is 34.1 Å². The molecule has 1 aliphatic carbocycles. The molecule has 3 aliphatic rings. The van der Waals surface area contributed by atoms with Crippen molar-refractivity contribution in [1.82, 2.24) is 0 Å². The SMILES string of the molecule is c1ccc(N2c3ccccc3B3c4ccc(C5CCCCC5)cc4N(c4ccccc4)c4cccc2c43)cc1. The Morgan fingerprint density at radius 2 is 1.05 bits per heavy atom. The van der Waals surface area contributed by atoms with Crippen molar-refractivity contribution >= 4 is 57.2 Å². The lowest BCUT2D eigenvalue weighted by molar-refractivity contribution is 0.444. The lowest BCUT2D eigenvalue weighted by atomic mass is 9.33. The maximum Gasteiger partial charge on any atom is 0.252 e. The second kappa shape index (κ2) is 9.20. The van der Waals surface area contributed by atoms with E-state index in [1.807, 2.05) is 0 Å². The number of hydrogen-bond acceptors (Lipinski definition) is 2. The molecular weight excluding hydrogens is 471 g/mol. The monoisotopic (exact) mass is 502 g/mol. The lowest BCUT2D eigenvalue weighted by Gasteiger charge is -2.44. The molecule has 0 radical (unpaired) electrons. The van der Waals surface area contributed by atoms with Crippen LogP contribution < -0.4 is 26.2 Å². The van der Waals surface area contributed by atoms with Gasteiger partial charge in [0.25, 0.3) is 6.71 Å².